The van der Waals surface area contributed by atoms with Crippen LogP contribution < -0.4 is 5.32 Å². The second kappa shape index (κ2) is 21.3. The summed E-state index contributed by atoms with van der Waals surface area (Å²) in [5.74, 6) is 0.957. The quantitative estimate of drug-likeness (QED) is 0.197. The van der Waals surface area contributed by atoms with Crippen molar-refractivity contribution in [2.75, 3.05) is 18.8 Å². The fraction of sp³-hybridized carbons (Fsp3) is 1.00. The summed E-state index contributed by atoms with van der Waals surface area (Å²) in [5, 5.41) is 3.41. The van der Waals surface area contributed by atoms with Crippen LogP contribution in [0.4, 0.5) is 0 Å². The Morgan fingerprint density at radius 2 is 0.864 bits per heavy atom. The Morgan fingerprint density at radius 1 is 0.500 bits per heavy atom. The zero-order valence-electron chi connectivity index (χ0n) is 15.4. The summed E-state index contributed by atoms with van der Waals surface area (Å²) in [6.45, 7) is 4.53. The van der Waals surface area contributed by atoms with Crippen molar-refractivity contribution >= 4 is 12.6 Å². The monoisotopic (exact) mass is 329 g/mol. The molecule has 0 saturated heterocycles. The van der Waals surface area contributed by atoms with Crippen LogP contribution in [0.1, 0.15) is 110 Å². The summed E-state index contributed by atoms with van der Waals surface area (Å²) >= 11 is 4.19. The molecular weight excluding hydrogens is 286 g/mol. The molecule has 0 saturated carbocycles. The zero-order chi connectivity index (χ0) is 16.1. The van der Waals surface area contributed by atoms with Crippen molar-refractivity contribution in [1.29, 1.82) is 0 Å². The average molecular weight is 330 g/mol. The molecule has 0 atom stereocenters. The minimum Gasteiger partial charge on any atom is -0.316 e. The normalized spacial score (nSPS) is 11.2. The predicted octanol–water partition coefficient (Wildman–Crippen LogP) is 6.77. The highest BCUT2D eigenvalue weighted by molar-refractivity contribution is 7.80. The fourth-order valence-corrected chi connectivity index (χ4v) is 3.16. The number of nitrogens with one attached hydrogen (secondary N) is 1. The first kappa shape index (κ1) is 22.3. The van der Waals surface area contributed by atoms with Gasteiger partial charge in [-0.15, -0.1) is 0 Å². The maximum atomic E-state index is 4.19. The molecule has 22 heavy (non-hydrogen) atoms. The van der Waals surface area contributed by atoms with Crippen LogP contribution in [0, 0.1) is 0 Å². The Kier molecular flexibility index (Phi) is 21.6. The van der Waals surface area contributed by atoms with E-state index in [1.54, 1.807) is 0 Å². The average Bonchev–Trinajstić information content (AvgIpc) is 2.54. The van der Waals surface area contributed by atoms with Crippen LogP contribution in [-0.2, 0) is 0 Å². The first-order valence-corrected chi connectivity index (χ1v) is 10.9. The third kappa shape index (κ3) is 20.3. The van der Waals surface area contributed by atoms with Crippen LogP contribution in [-0.4, -0.2) is 18.8 Å². The van der Waals surface area contributed by atoms with Gasteiger partial charge in [-0.05, 0) is 13.0 Å². The minimum absolute atomic E-state index is 0.957. The molecule has 0 aromatic carbocycles. The van der Waals surface area contributed by atoms with Gasteiger partial charge in [-0.25, -0.2) is 0 Å². The lowest BCUT2D eigenvalue weighted by molar-refractivity contribution is 0.526. The van der Waals surface area contributed by atoms with Crippen molar-refractivity contribution in [2.24, 2.45) is 0 Å². The highest BCUT2D eigenvalue weighted by Crippen LogP contribution is 2.13. The third-order valence-corrected chi connectivity index (χ3v) is 4.72. The minimum atomic E-state index is 0.957. The van der Waals surface area contributed by atoms with E-state index in [4.69, 9.17) is 0 Å². The molecule has 0 aromatic rings. The first-order valence-electron chi connectivity index (χ1n) is 10.2. The van der Waals surface area contributed by atoms with Gasteiger partial charge in [-0.3, -0.25) is 0 Å². The van der Waals surface area contributed by atoms with Crippen LogP contribution in [0.2, 0.25) is 0 Å². The number of hydrogen-bond donors (Lipinski definition) is 2. The van der Waals surface area contributed by atoms with Gasteiger partial charge in [-0.1, -0.05) is 103 Å². The molecule has 1 nitrogen and oxygen atoms in total. The summed E-state index contributed by atoms with van der Waals surface area (Å²) in [6.07, 6.45) is 23.1. The highest BCUT2D eigenvalue weighted by Gasteiger charge is 1.94. The zero-order valence-corrected chi connectivity index (χ0v) is 16.3. The van der Waals surface area contributed by atoms with Gasteiger partial charge in [0.05, 0.1) is 0 Å². The number of hydrogen-bond acceptors (Lipinski definition) is 2. The Morgan fingerprint density at radius 3 is 1.23 bits per heavy atom. The first-order chi connectivity index (χ1) is 10.9. The highest BCUT2D eigenvalue weighted by atomic mass is 32.1. The van der Waals surface area contributed by atoms with E-state index in [0.717, 1.165) is 12.3 Å². The molecule has 0 heterocycles. The lowest BCUT2D eigenvalue weighted by Gasteiger charge is -2.04. The second-order valence-electron chi connectivity index (χ2n) is 6.78. The van der Waals surface area contributed by atoms with Crippen molar-refractivity contribution in [2.45, 2.75) is 110 Å². The Labute approximate surface area is 146 Å². The lowest BCUT2D eigenvalue weighted by atomic mass is 10.0. The van der Waals surface area contributed by atoms with Crippen molar-refractivity contribution in [3.8, 4) is 0 Å². The van der Waals surface area contributed by atoms with Crippen LogP contribution in [0.15, 0.2) is 0 Å². The van der Waals surface area contributed by atoms with Gasteiger partial charge in [0.25, 0.3) is 0 Å². The molecule has 0 rings (SSSR count). The van der Waals surface area contributed by atoms with Crippen molar-refractivity contribution in [3.63, 3.8) is 0 Å². The van der Waals surface area contributed by atoms with Gasteiger partial charge >= 0.3 is 0 Å². The second-order valence-corrected chi connectivity index (χ2v) is 7.22. The number of thiol groups is 1. The predicted molar refractivity (Wildman–Crippen MR) is 106 cm³/mol. The van der Waals surface area contributed by atoms with E-state index in [1.807, 2.05) is 0 Å². The molecule has 0 radical (unpaired) electrons. The molecule has 134 valence electrons. The summed E-state index contributed by atoms with van der Waals surface area (Å²) < 4.78 is 0. The Hall–Kier alpha value is 0.310. The molecule has 0 unspecified atom stereocenters. The fourth-order valence-electron chi connectivity index (χ4n) is 3.00. The van der Waals surface area contributed by atoms with E-state index in [9.17, 15) is 0 Å². The molecule has 0 aliphatic rings. The van der Waals surface area contributed by atoms with E-state index >= 15 is 0 Å². The molecule has 0 spiro atoms. The van der Waals surface area contributed by atoms with Crippen molar-refractivity contribution in [1.82, 2.24) is 5.32 Å². The molecule has 0 amide bonds. The van der Waals surface area contributed by atoms with E-state index in [2.05, 4.69) is 24.9 Å². The number of rotatable bonds is 19. The Balaban J connectivity index is 2.91. The molecule has 0 bridgehead atoms. The molecule has 2 heteroatoms. The molecule has 0 fully saturated rings. The molecule has 0 aliphatic carbocycles. The molecule has 1 N–H and O–H groups in total. The van der Waals surface area contributed by atoms with Gasteiger partial charge in [0.1, 0.15) is 0 Å². The largest absolute Gasteiger partial charge is 0.316 e. The van der Waals surface area contributed by atoms with Crippen LogP contribution in [0.5, 0.6) is 0 Å². The van der Waals surface area contributed by atoms with Gasteiger partial charge in [0, 0.05) is 12.3 Å². The summed E-state index contributed by atoms with van der Waals surface area (Å²) in [6, 6.07) is 0. The lowest BCUT2D eigenvalue weighted by Crippen LogP contribution is -2.17. The maximum absolute atomic E-state index is 4.19. The van der Waals surface area contributed by atoms with E-state index in [1.165, 1.54) is 109 Å². The topological polar surface area (TPSA) is 12.0 Å². The summed E-state index contributed by atoms with van der Waals surface area (Å²) in [5.41, 5.74) is 0. The molecule has 0 aromatic heterocycles. The Bertz CT molecular complexity index is 165. The van der Waals surface area contributed by atoms with Gasteiger partial charge < -0.3 is 5.32 Å². The summed E-state index contributed by atoms with van der Waals surface area (Å²) in [4.78, 5) is 0. The van der Waals surface area contributed by atoms with Crippen LogP contribution >= 0.6 is 12.6 Å². The van der Waals surface area contributed by atoms with Gasteiger partial charge in [0.15, 0.2) is 0 Å². The standard InChI is InChI=1S/C20H43NS/c1-2-3-4-5-6-7-8-9-10-11-12-13-14-15-16-17-18-21-19-20-22/h21-22H,2-20H2,1H3. The molecular formula is C20H43NS. The van der Waals surface area contributed by atoms with Crippen LogP contribution in [0.3, 0.4) is 0 Å². The van der Waals surface area contributed by atoms with E-state index in [0.29, 0.717) is 0 Å². The van der Waals surface area contributed by atoms with E-state index < -0.39 is 0 Å². The van der Waals surface area contributed by atoms with Gasteiger partial charge in [-0.2, -0.15) is 12.6 Å². The van der Waals surface area contributed by atoms with Crippen LogP contribution in [0.25, 0.3) is 0 Å². The maximum Gasteiger partial charge on any atom is 0.00397 e. The van der Waals surface area contributed by atoms with E-state index in [-0.39, 0.29) is 0 Å². The molecule has 0 aliphatic heterocycles. The third-order valence-electron chi connectivity index (χ3n) is 4.50. The SMILES string of the molecule is CCCCCCCCCCCCCCCCCCNCCS. The summed E-state index contributed by atoms with van der Waals surface area (Å²) in [7, 11) is 0. The van der Waals surface area contributed by atoms with Crippen molar-refractivity contribution < 1.29 is 0 Å². The van der Waals surface area contributed by atoms with Crippen molar-refractivity contribution in [3.05, 3.63) is 0 Å². The number of unbranched alkanes of at least 4 members (excludes halogenated alkanes) is 15. The van der Waals surface area contributed by atoms with Gasteiger partial charge in [0.2, 0.25) is 0 Å². The smallest absolute Gasteiger partial charge is 0.00397 e.